The number of rotatable bonds is 3. The lowest BCUT2D eigenvalue weighted by molar-refractivity contribution is 0.289. The second-order valence-corrected chi connectivity index (χ2v) is 4.78. The molecule has 0 heterocycles. The van der Waals surface area contributed by atoms with Gasteiger partial charge in [0.1, 0.15) is 12.4 Å². The summed E-state index contributed by atoms with van der Waals surface area (Å²) in [7, 11) is 0. The summed E-state index contributed by atoms with van der Waals surface area (Å²) in [5, 5.41) is 0. The lowest BCUT2D eigenvalue weighted by Gasteiger charge is -2.09. The van der Waals surface area contributed by atoms with Gasteiger partial charge in [-0.3, -0.25) is 0 Å². The van der Waals surface area contributed by atoms with Crippen molar-refractivity contribution < 1.29 is 13.5 Å². The molecule has 4 heteroatoms. The molecule has 2 rings (SSSR count). The molecule has 94 valence electrons. The van der Waals surface area contributed by atoms with Crippen molar-refractivity contribution in [2.45, 2.75) is 13.5 Å². The number of hydrogen-bond donors (Lipinski definition) is 0. The van der Waals surface area contributed by atoms with Crippen LogP contribution in [-0.4, -0.2) is 0 Å². The van der Waals surface area contributed by atoms with Crippen molar-refractivity contribution in [1.29, 1.82) is 0 Å². The summed E-state index contributed by atoms with van der Waals surface area (Å²) < 4.78 is 32.4. The van der Waals surface area contributed by atoms with Crippen molar-refractivity contribution >= 4 is 15.9 Å². The number of halogens is 3. The highest BCUT2D eigenvalue weighted by Crippen LogP contribution is 2.22. The van der Waals surface area contributed by atoms with Crippen LogP contribution in [0.2, 0.25) is 0 Å². The minimum absolute atomic E-state index is 0.194. The van der Waals surface area contributed by atoms with Gasteiger partial charge in [0.05, 0.1) is 4.47 Å². The number of hydrogen-bond acceptors (Lipinski definition) is 1. The molecule has 0 amide bonds. The highest BCUT2D eigenvalue weighted by molar-refractivity contribution is 9.10. The van der Waals surface area contributed by atoms with Crippen LogP contribution in [0.15, 0.2) is 40.9 Å². The van der Waals surface area contributed by atoms with Crippen LogP contribution in [0.4, 0.5) is 8.78 Å². The Balaban J connectivity index is 2.11. The van der Waals surface area contributed by atoms with E-state index in [0.29, 0.717) is 10.0 Å². The lowest BCUT2D eigenvalue weighted by Crippen LogP contribution is -1.98. The Bertz CT molecular complexity index is 570. The van der Waals surface area contributed by atoms with Gasteiger partial charge in [0.2, 0.25) is 0 Å². The molecule has 1 nitrogen and oxygen atoms in total. The Morgan fingerprint density at radius 1 is 1.17 bits per heavy atom. The molecule has 0 atom stereocenters. The van der Waals surface area contributed by atoms with E-state index in [1.165, 1.54) is 6.07 Å². The van der Waals surface area contributed by atoms with E-state index < -0.39 is 0 Å². The third kappa shape index (κ3) is 2.88. The fourth-order valence-electron chi connectivity index (χ4n) is 1.52. The van der Waals surface area contributed by atoms with Crippen LogP contribution in [0.5, 0.6) is 5.75 Å². The maximum absolute atomic E-state index is 13.7. The maximum atomic E-state index is 13.7. The minimum atomic E-state index is -0.362. The molecule has 0 unspecified atom stereocenters. The van der Waals surface area contributed by atoms with Gasteiger partial charge in [-0.1, -0.05) is 18.2 Å². The molecule has 0 aromatic heterocycles. The normalized spacial score (nSPS) is 10.4. The van der Waals surface area contributed by atoms with E-state index in [-0.39, 0.29) is 24.0 Å². The van der Waals surface area contributed by atoms with Crippen molar-refractivity contribution in [1.82, 2.24) is 0 Å². The molecule has 0 spiro atoms. The predicted octanol–water partition coefficient (Wildman–Crippen LogP) is 4.61. The van der Waals surface area contributed by atoms with Gasteiger partial charge < -0.3 is 4.74 Å². The molecule has 0 aliphatic heterocycles. The summed E-state index contributed by atoms with van der Waals surface area (Å²) in [4.78, 5) is 0. The van der Waals surface area contributed by atoms with E-state index >= 15 is 0 Å². The van der Waals surface area contributed by atoms with E-state index in [4.69, 9.17) is 4.74 Å². The lowest BCUT2D eigenvalue weighted by atomic mass is 10.2. The largest absolute Gasteiger partial charge is 0.486 e. The summed E-state index contributed by atoms with van der Waals surface area (Å²) >= 11 is 3.09. The standard InChI is InChI=1S/C14H11BrF2O/c1-9-3-2-4-13(14(9)17)18-8-10-5-6-12(16)11(15)7-10/h2-7H,8H2,1H3. The van der Waals surface area contributed by atoms with Gasteiger partial charge in [-0.15, -0.1) is 0 Å². The minimum Gasteiger partial charge on any atom is -0.486 e. The smallest absolute Gasteiger partial charge is 0.167 e. The topological polar surface area (TPSA) is 9.23 Å². The van der Waals surface area contributed by atoms with Gasteiger partial charge in [-0.05, 0) is 52.2 Å². The van der Waals surface area contributed by atoms with E-state index in [0.717, 1.165) is 5.56 Å². The molecule has 18 heavy (non-hydrogen) atoms. The first-order chi connectivity index (χ1) is 8.58. The van der Waals surface area contributed by atoms with E-state index in [9.17, 15) is 8.78 Å². The van der Waals surface area contributed by atoms with Crippen LogP contribution in [0.1, 0.15) is 11.1 Å². The van der Waals surface area contributed by atoms with Crippen LogP contribution in [0, 0.1) is 18.6 Å². The van der Waals surface area contributed by atoms with Crippen LogP contribution in [-0.2, 0) is 6.61 Å². The fourth-order valence-corrected chi connectivity index (χ4v) is 1.95. The SMILES string of the molecule is Cc1cccc(OCc2ccc(F)c(Br)c2)c1F. The van der Waals surface area contributed by atoms with E-state index in [2.05, 4.69) is 15.9 Å². The zero-order valence-corrected chi connectivity index (χ0v) is 11.3. The van der Waals surface area contributed by atoms with Crippen molar-refractivity contribution in [2.24, 2.45) is 0 Å². The average molecular weight is 313 g/mol. The fraction of sp³-hybridized carbons (Fsp3) is 0.143. The van der Waals surface area contributed by atoms with Gasteiger partial charge in [-0.2, -0.15) is 0 Å². The molecule has 0 fully saturated rings. The van der Waals surface area contributed by atoms with Gasteiger partial charge >= 0.3 is 0 Å². The first kappa shape index (κ1) is 13.0. The molecule has 0 N–H and O–H groups in total. The quantitative estimate of drug-likeness (QED) is 0.804. The second-order valence-electron chi connectivity index (χ2n) is 3.92. The summed E-state index contributed by atoms with van der Waals surface area (Å²) in [6, 6.07) is 9.54. The first-order valence-corrected chi connectivity index (χ1v) is 6.19. The average Bonchev–Trinajstić information content (AvgIpc) is 2.35. The number of benzene rings is 2. The second kappa shape index (κ2) is 5.48. The van der Waals surface area contributed by atoms with Gasteiger partial charge in [0.25, 0.3) is 0 Å². The van der Waals surface area contributed by atoms with Crippen LogP contribution < -0.4 is 4.74 Å². The Labute approximate surface area is 113 Å². The molecule has 0 radical (unpaired) electrons. The Morgan fingerprint density at radius 3 is 2.67 bits per heavy atom. The Morgan fingerprint density at radius 2 is 1.94 bits per heavy atom. The van der Waals surface area contributed by atoms with Crippen molar-refractivity contribution in [3.8, 4) is 5.75 Å². The van der Waals surface area contributed by atoms with Gasteiger partial charge in [0, 0.05) is 0 Å². The third-order valence-electron chi connectivity index (χ3n) is 2.53. The van der Waals surface area contributed by atoms with Crippen molar-refractivity contribution in [3.05, 3.63) is 63.6 Å². The molecular weight excluding hydrogens is 302 g/mol. The van der Waals surface area contributed by atoms with Crippen molar-refractivity contribution in [2.75, 3.05) is 0 Å². The summed E-state index contributed by atoms with van der Waals surface area (Å²) in [5.74, 6) is -0.491. The molecule has 0 aliphatic rings. The molecule has 0 bridgehead atoms. The molecule has 2 aromatic carbocycles. The van der Waals surface area contributed by atoms with Crippen LogP contribution in [0.3, 0.4) is 0 Å². The zero-order chi connectivity index (χ0) is 13.1. The summed E-state index contributed by atoms with van der Waals surface area (Å²) in [5.41, 5.74) is 1.30. The molecule has 0 aliphatic carbocycles. The highest BCUT2D eigenvalue weighted by atomic mass is 79.9. The molecular formula is C14H11BrF2O. The van der Waals surface area contributed by atoms with Gasteiger partial charge in [-0.25, -0.2) is 8.78 Å². The Hall–Kier alpha value is -1.42. The zero-order valence-electron chi connectivity index (χ0n) is 9.71. The first-order valence-electron chi connectivity index (χ1n) is 5.40. The third-order valence-corrected chi connectivity index (χ3v) is 3.14. The maximum Gasteiger partial charge on any atom is 0.167 e. The van der Waals surface area contributed by atoms with Crippen molar-refractivity contribution in [3.63, 3.8) is 0 Å². The van der Waals surface area contributed by atoms with Gasteiger partial charge in [0.15, 0.2) is 11.6 Å². The van der Waals surface area contributed by atoms with Crippen LogP contribution >= 0.6 is 15.9 Å². The summed E-state index contributed by atoms with van der Waals surface area (Å²) in [6.45, 7) is 1.87. The monoisotopic (exact) mass is 312 g/mol. The van der Waals surface area contributed by atoms with E-state index in [1.54, 1.807) is 37.3 Å². The number of aryl methyl sites for hydroxylation is 1. The molecule has 0 saturated carbocycles. The van der Waals surface area contributed by atoms with Crippen LogP contribution in [0.25, 0.3) is 0 Å². The number of ether oxygens (including phenoxy) is 1. The molecule has 0 saturated heterocycles. The highest BCUT2D eigenvalue weighted by Gasteiger charge is 2.06. The molecule has 2 aromatic rings. The van der Waals surface area contributed by atoms with E-state index in [1.807, 2.05) is 0 Å². The summed E-state index contributed by atoms with van der Waals surface area (Å²) in [6.07, 6.45) is 0. The predicted molar refractivity (Wildman–Crippen MR) is 69.6 cm³/mol. The Kier molecular flexibility index (Phi) is 3.97.